The highest BCUT2D eigenvalue weighted by Crippen LogP contribution is 2.15. The summed E-state index contributed by atoms with van der Waals surface area (Å²) in [5, 5.41) is 2.59. The normalized spacial score (nSPS) is 11.6. The van der Waals surface area contributed by atoms with Gasteiger partial charge in [0.15, 0.2) is 0 Å². The lowest BCUT2D eigenvalue weighted by molar-refractivity contribution is 0.689. The maximum atomic E-state index is 4.83. The van der Waals surface area contributed by atoms with E-state index in [4.69, 9.17) is 3.98 Å². The molecule has 3 heteroatoms. The van der Waals surface area contributed by atoms with Crippen LogP contribution in [0.5, 0.6) is 0 Å². The van der Waals surface area contributed by atoms with Gasteiger partial charge in [-0.05, 0) is 12.1 Å². The van der Waals surface area contributed by atoms with Crippen LogP contribution in [-0.4, -0.2) is 25.6 Å². The summed E-state index contributed by atoms with van der Waals surface area (Å²) in [5.74, 6) is 1.51. The Balaban J connectivity index is 2.61. The monoisotopic (exact) mass is 246 g/mol. The lowest BCUT2D eigenvalue weighted by Gasteiger charge is -2.11. The summed E-state index contributed by atoms with van der Waals surface area (Å²) in [6.07, 6.45) is 3.80. The van der Waals surface area contributed by atoms with Crippen LogP contribution >= 0.6 is 0 Å². The fourth-order valence-corrected chi connectivity index (χ4v) is 4.92. The molecular formula is C14H23AlN2. The third kappa shape index (κ3) is 6.61. The first-order chi connectivity index (χ1) is 8.08. The molecule has 0 aliphatic heterocycles. The zero-order valence-electron chi connectivity index (χ0n) is 11.4. The van der Waals surface area contributed by atoms with Crippen molar-refractivity contribution in [1.82, 2.24) is 4.98 Å². The molecule has 1 aromatic rings. The average molecular weight is 246 g/mol. The molecule has 1 aromatic heterocycles. The minimum atomic E-state index is -0.990. The molecule has 0 amide bonds. The van der Waals surface area contributed by atoms with E-state index in [2.05, 4.69) is 32.7 Å². The van der Waals surface area contributed by atoms with Gasteiger partial charge in [0.2, 0.25) is 0 Å². The summed E-state index contributed by atoms with van der Waals surface area (Å²) in [4.78, 5) is 4.28. The lowest BCUT2D eigenvalue weighted by Crippen LogP contribution is -2.15. The Kier molecular flexibility index (Phi) is 6.47. The highest BCUT2D eigenvalue weighted by atomic mass is 27.2. The summed E-state index contributed by atoms with van der Waals surface area (Å²) in [5.41, 5.74) is 0.984. The first kappa shape index (κ1) is 14.4. The van der Waals surface area contributed by atoms with Gasteiger partial charge < -0.3 is 3.98 Å². The zero-order chi connectivity index (χ0) is 12.7. The molecule has 0 fully saturated rings. The van der Waals surface area contributed by atoms with E-state index in [1.54, 1.807) is 0 Å². The number of rotatable bonds is 6. The van der Waals surface area contributed by atoms with E-state index in [1.165, 1.54) is 10.6 Å². The van der Waals surface area contributed by atoms with Crippen molar-refractivity contribution in [2.24, 2.45) is 15.8 Å². The summed E-state index contributed by atoms with van der Waals surface area (Å²) in [6.45, 7) is 9.15. The predicted octanol–water partition coefficient (Wildman–Crippen LogP) is 3.80. The molecule has 0 atom stereocenters. The molecule has 0 aromatic carbocycles. The van der Waals surface area contributed by atoms with Crippen molar-refractivity contribution in [3.05, 3.63) is 30.1 Å². The van der Waals surface area contributed by atoms with E-state index < -0.39 is 14.4 Å². The van der Waals surface area contributed by atoms with Gasteiger partial charge in [-0.2, -0.15) is 0 Å². The molecular weight excluding hydrogens is 223 g/mol. The van der Waals surface area contributed by atoms with Gasteiger partial charge in [0.25, 0.3) is 0 Å². The molecule has 1 heterocycles. The van der Waals surface area contributed by atoms with Crippen LogP contribution in [-0.2, 0) is 0 Å². The van der Waals surface area contributed by atoms with Crippen LogP contribution in [0.3, 0.4) is 0 Å². The SMILES string of the molecule is CC(C)[CH2][Al]([CH2]C(C)C)/[N]=C/c1ccccn1. The first-order valence-corrected chi connectivity index (χ1v) is 8.67. The highest BCUT2D eigenvalue weighted by molar-refractivity contribution is 6.58. The van der Waals surface area contributed by atoms with Crippen molar-refractivity contribution in [2.75, 3.05) is 0 Å². The smallest absolute Gasteiger partial charge is 0.404 e. The number of nitrogens with zero attached hydrogens (tertiary/aromatic N) is 2. The molecule has 0 unspecified atom stereocenters. The summed E-state index contributed by atoms with van der Waals surface area (Å²) >= 11 is -0.990. The van der Waals surface area contributed by atoms with Crippen molar-refractivity contribution in [2.45, 2.75) is 38.3 Å². The maximum absolute atomic E-state index is 4.83. The number of hydrogen-bond acceptors (Lipinski definition) is 2. The van der Waals surface area contributed by atoms with E-state index in [-0.39, 0.29) is 0 Å². The first-order valence-electron chi connectivity index (χ1n) is 6.52. The third-order valence-electron chi connectivity index (χ3n) is 2.59. The molecule has 17 heavy (non-hydrogen) atoms. The largest absolute Gasteiger partial charge is 0.436 e. The van der Waals surface area contributed by atoms with Crippen molar-refractivity contribution in [3.8, 4) is 0 Å². The molecule has 92 valence electrons. The van der Waals surface area contributed by atoms with Gasteiger partial charge in [-0.3, -0.25) is 4.98 Å². The molecule has 0 radical (unpaired) electrons. The molecule has 0 N–H and O–H groups in total. The Morgan fingerprint density at radius 3 is 2.29 bits per heavy atom. The minimum Gasteiger partial charge on any atom is -0.404 e. The van der Waals surface area contributed by atoms with Crippen LogP contribution in [0.1, 0.15) is 33.4 Å². The third-order valence-corrected chi connectivity index (χ3v) is 6.14. The highest BCUT2D eigenvalue weighted by Gasteiger charge is 2.20. The quantitative estimate of drug-likeness (QED) is 0.553. The van der Waals surface area contributed by atoms with Crippen LogP contribution in [0.25, 0.3) is 0 Å². The fraction of sp³-hybridized carbons (Fsp3) is 0.571. The Morgan fingerprint density at radius 1 is 1.18 bits per heavy atom. The second-order valence-electron chi connectivity index (χ2n) is 5.45. The second-order valence-corrected chi connectivity index (χ2v) is 7.99. The zero-order valence-corrected chi connectivity index (χ0v) is 12.6. The van der Waals surface area contributed by atoms with Crippen molar-refractivity contribution >= 4 is 20.6 Å². The summed E-state index contributed by atoms with van der Waals surface area (Å²) in [7, 11) is 0. The average Bonchev–Trinajstić information content (AvgIpc) is 2.26. The van der Waals surface area contributed by atoms with Crippen LogP contribution in [0.4, 0.5) is 0 Å². The van der Waals surface area contributed by atoms with Gasteiger partial charge in [0, 0.05) is 12.4 Å². The summed E-state index contributed by atoms with van der Waals surface area (Å²) < 4.78 is 4.83. The van der Waals surface area contributed by atoms with Gasteiger partial charge in [-0.25, -0.2) is 0 Å². The van der Waals surface area contributed by atoms with E-state index in [1.807, 2.05) is 30.6 Å². The number of aromatic nitrogens is 1. The Labute approximate surface area is 110 Å². The van der Waals surface area contributed by atoms with E-state index in [9.17, 15) is 0 Å². The number of pyridine rings is 1. The molecule has 0 bridgehead atoms. The Hall–Kier alpha value is -0.648. The molecule has 0 saturated carbocycles. The fourth-order valence-electron chi connectivity index (χ4n) is 1.94. The topological polar surface area (TPSA) is 25.2 Å². The van der Waals surface area contributed by atoms with Crippen LogP contribution < -0.4 is 0 Å². The van der Waals surface area contributed by atoms with Gasteiger partial charge in [-0.1, -0.05) is 56.2 Å². The maximum Gasteiger partial charge on any atom is 0.436 e. The number of hydrogen-bond donors (Lipinski definition) is 0. The second kappa shape index (κ2) is 7.63. The summed E-state index contributed by atoms with van der Waals surface area (Å²) in [6, 6.07) is 5.96. The van der Waals surface area contributed by atoms with Gasteiger partial charge >= 0.3 is 14.4 Å². The van der Waals surface area contributed by atoms with Gasteiger partial charge in [0.1, 0.15) is 0 Å². The lowest BCUT2D eigenvalue weighted by atomic mass is 10.3. The van der Waals surface area contributed by atoms with Gasteiger partial charge in [-0.15, -0.1) is 0 Å². The van der Waals surface area contributed by atoms with E-state index in [0.717, 1.165) is 17.5 Å². The van der Waals surface area contributed by atoms with Crippen LogP contribution in [0.15, 0.2) is 28.4 Å². The van der Waals surface area contributed by atoms with Crippen LogP contribution in [0.2, 0.25) is 10.6 Å². The molecule has 2 nitrogen and oxygen atoms in total. The van der Waals surface area contributed by atoms with Crippen LogP contribution in [0, 0.1) is 11.8 Å². The standard InChI is InChI=1S/C6H5N2.2C4H9.Al/c7-5-6-3-1-2-4-8-6;2*1-4(2)3;/h1-5H;2*4H,1H2,2-3H3;/q-1;;;+1. The molecule has 0 spiro atoms. The molecule has 0 aliphatic carbocycles. The predicted molar refractivity (Wildman–Crippen MR) is 76.9 cm³/mol. The Morgan fingerprint density at radius 2 is 1.82 bits per heavy atom. The minimum absolute atomic E-state index is 0.756. The van der Waals surface area contributed by atoms with Gasteiger partial charge in [0.05, 0.1) is 5.69 Å². The molecule has 0 saturated heterocycles. The Bertz CT molecular complexity index is 323. The van der Waals surface area contributed by atoms with Crippen molar-refractivity contribution < 1.29 is 0 Å². The van der Waals surface area contributed by atoms with Crippen molar-refractivity contribution in [1.29, 1.82) is 0 Å². The molecule has 0 aliphatic rings. The molecule has 1 rings (SSSR count). The van der Waals surface area contributed by atoms with E-state index >= 15 is 0 Å². The van der Waals surface area contributed by atoms with Crippen molar-refractivity contribution in [3.63, 3.8) is 0 Å². The van der Waals surface area contributed by atoms with E-state index in [0.29, 0.717) is 0 Å².